The van der Waals surface area contributed by atoms with E-state index in [-0.39, 0.29) is 10.8 Å². The summed E-state index contributed by atoms with van der Waals surface area (Å²) >= 11 is 28.9. The monoisotopic (exact) mass is 602 g/mol. The molecule has 0 spiro atoms. The third kappa shape index (κ3) is 4.31. The van der Waals surface area contributed by atoms with Gasteiger partial charge in [-0.3, -0.25) is 9.69 Å². The first kappa shape index (κ1) is 25.3. The molecule has 3 aromatic rings. The molecule has 178 valence electrons. The van der Waals surface area contributed by atoms with Gasteiger partial charge in [-0.05, 0) is 52.3 Å². The largest absolute Gasteiger partial charge is 0.290 e. The van der Waals surface area contributed by atoms with Crippen molar-refractivity contribution in [2.24, 2.45) is 10.5 Å². The summed E-state index contributed by atoms with van der Waals surface area (Å²) in [6.45, 7) is 5.78. The lowest BCUT2D eigenvalue weighted by molar-refractivity contribution is 0.0205. The van der Waals surface area contributed by atoms with Crippen molar-refractivity contribution in [2.75, 3.05) is 4.90 Å². The standard InChI is InChI=1S/C22H19BrCl4N6O/c1-21(2,3)22(23,19(34)15-6-4-13(24)8-16(15)26)33-20(32-11-28-10-29-32)31(12-30-33)18-7-5-14(25)9-17(18)27/h4-12,20H,1-3H3. The van der Waals surface area contributed by atoms with Gasteiger partial charge < -0.3 is 0 Å². The molecule has 1 aromatic heterocycles. The number of anilines is 1. The zero-order valence-electron chi connectivity index (χ0n) is 18.3. The van der Waals surface area contributed by atoms with E-state index >= 15 is 0 Å². The highest BCUT2D eigenvalue weighted by Gasteiger charge is 2.57. The Morgan fingerprint density at radius 3 is 2.21 bits per heavy atom. The summed E-state index contributed by atoms with van der Waals surface area (Å²) in [6, 6.07) is 9.90. The van der Waals surface area contributed by atoms with Crippen LogP contribution in [-0.4, -0.2) is 36.3 Å². The molecule has 2 unspecified atom stereocenters. The highest BCUT2D eigenvalue weighted by Crippen LogP contribution is 2.50. The Hall–Kier alpha value is -1.84. The number of benzene rings is 2. The summed E-state index contributed by atoms with van der Waals surface area (Å²) < 4.78 is 0.217. The molecule has 7 nitrogen and oxygen atoms in total. The summed E-state index contributed by atoms with van der Waals surface area (Å²) in [5, 5.41) is 12.2. The predicted octanol–water partition coefficient (Wildman–Crippen LogP) is 7.13. The Bertz CT molecular complexity index is 1260. The maximum absolute atomic E-state index is 14.1. The molecule has 0 radical (unpaired) electrons. The van der Waals surface area contributed by atoms with Crippen LogP contribution in [0.2, 0.25) is 20.1 Å². The lowest BCUT2D eigenvalue weighted by Gasteiger charge is -2.47. The van der Waals surface area contributed by atoms with Crippen LogP contribution in [0.4, 0.5) is 5.69 Å². The fraction of sp³-hybridized carbons (Fsp3) is 0.273. The van der Waals surface area contributed by atoms with Crippen LogP contribution in [-0.2, 0) is 0 Å². The molecule has 2 heterocycles. The number of hydrazone groups is 1. The number of Topliss-reactive ketones (excluding diaryl/α,β-unsaturated/α-hetero) is 1. The van der Waals surface area contributed by atoms with E-state index < -0.39 is 16.2 Å². The Morgan fingerprint density at radius 1 is 1.00 bits per heavy atom. The van der Waals surface area contributed by atoms with E-state index in [1.807, 2.05) is 20.8 Å². The molecule has 1 aliphatic rings. The fourth-order valence-corrected chi connectivity index (χ4v) is 5.17. The molecule has 0 bridgehead atoms. The van der Waals surface area contributed by atoms with Gasteiger partial charge in [-0.2, -0.15) is 10.2 Å². The van der Waals surface area contributed by atoms with Crippen molar-refractivity contribution in [3.63, 3.8) is 0 Å². The van der Waals surface area contributed by atoms with Crippen LogP contribution in [0.15, 0.2) is 54.2 Å². The van der Waals surface area contributed by atoms with Crippen molar-refractivity contribution < 1.29 is 4.79 Å². The minimum atomic E-state index is -1.36. The number of carbonyl (C=O) groups is 1. The molecule has 0 N–H and O–H groups in total. The summed E-state index contributed by atoms with van der Waals surface area (Å²) in [5.41, 5.74) is 0.246. The number of nitrogens with zero attached hydrogens (tertiary/aromatic N) is 6. The first-order chi connectivity index (χ1) is 15.9. The molecule has 0 amide bonds. The van der Waals surface area contributed by atoms with E-state index in [0.717, 1.165) is 0 Å². The minimum Gasteiger partial charge on any atom is -0.290 e. The highest BCUT2D eigenvalue weighted by molar-refractivity contribution is 9.10. The molecule has 4 rings (SSSR count). The fourth-order valence-electron chi connectivity index (χ4n) is 3.68. The van der Waals surface area contributed by atoms with E-state index in [4.69, 9.17) is 46.4 Å². The molecule has 0 saturated heterocycles. The van der Waals surface area contributed by atoms with Gasteiger partial charge in [0, 0.05) is 21.0 Å². The normalized spacial score (nSPS) is 17.8. The number of rotatable bonds is 5. The molecule has 2 atom stereocenters. The van der Waals surface area contributed by atoms with E-state index in [1.165, 1.54) is 12.4 Å². The summed E-state index contributed by atoms with van der Waals surface area (Å²) in [5.74, 6) is -0.298. The molecular formula is C22H19BrCl4N6O. The number of ketones is 1. The Kier molecular flexibility index (Phi) is 6.92. The number of hydrogen-bond donors (Lipinski definition) is 0. The van der Waals surface area contributed by atoms with Gasteiger partial charge in [0.2, 0.25) is 12.1 Å². The second-order valence-corrected chi connectivity index (χ2v) is 11.5. The number of aromatic nitrogens is 3. The zero-order chi connectivity index (χ0) is 24.8. The SMILES string of the molecule is CC(C)(C)C(Br)(C(=O)c1ccc(Cl)cc1Cl)N1N=CN(c2ccc(Cl)cc2Cl)C1n1cncn1. The van der Waals surface area contributed by atoms with Crippen LogP contribution < -0.4 is 4.90 Å². The van der Waals surface area contributed by atoms with E-state index in [0.29, 0.717) is 26.3 Å². The van der Waals surface area contributed by atoms with E-state index in [9.17, 15) is 4.79 Å². The van der Waals surface area contributed by atoms with Crippen molar-refractivity contribution >= 4 is 80.1 Å². The van der Waals surface area contributed by atoms with Gasteiger partial charge in [0.05, 0.1) is 15.7 Å². The van der Waals surface area contributed by atoms with Crippen molar-refractivity contribution in [1.29, 1.82) is 0 Å². The maximum atomic E-state index is 14.1. The topological polar surface area (TPSA) is 66.6 Å². The van der Waals surface area contributed by atoms with Crippen LogP contribution in [0.5, 0.6) is 0 Å². The maximum Gasteiger partial charge on any atom is 0.224 e. The second-order valence-electron chi connectivity index (χ2n) is 8.63. The lowest BCUT2D eigenvalue weighted by Crippen LogP contribution is -2.58. The zero-order valence-corrected chi connectivity index (χ0v) is 22.9. The summed E-state index contributed by atoms with van der Waals surface area (Å²) in [7, 11) is 0. The van der Waals surface area contributed by atoms with Crippen LogP contribution in [0.1, 0.15) is 37.4 Å². The number of halogens is 5. The molecule has 0 fully saturated rings. The highest BCUT2D eigenvalue weighted by atomic mass is 79.9. The second kappa shape index (κ2) is 9.32. The molecular weight excluding hydrogens is 586 g/mol. The molecule has 12 heteroatoms. The van der Waals surface area contributed by atoms with Crippen LogP contribution >= 0.6 is 62.3 Å². The number of alkyl halides is 1. The summed E-state index contributed by atoms with van der Waals surface area (Å²) in [6.07, 6.45) is 3.80. The first-order valence-corrected chi connectivity index (χ1v) is 12.4. The van der Waals surface area contributed by atoms with Crippen molar-refractivity contribution in [3.8, 4) is 0 Å². The van der Waals surface area contributed by atoms with Gasteiger partial charge >= 0.3 is 0 Å². The smallest absolute Gasteiger partial charge is 0.224 e. The quantitative estimate of drug-likeness (QED) is 0.176. The minimum absolute atomic E-state index is 0.239. The average molecular weight is 605 g/mol. The van der Waals surface area contributed by atoms with Crippen LogP contribution in [0, 0.1) is 5.41 Å². The predicted molar refractivity (Wildman–Crippen MR) is 140 cm³/mol. The third-order valence-electron chi connectivity index (χ3n) is 5.42. The van der Waals surface area contributed by atoms with Crippen LogP contribution in [0.25, 0.3) is 0 Å². The van der Waals surface area contributed by atoms with E-state index in [2.05, 4.69) is 31.1 Å². The lowest BCUT2D eigenvalue weighted by atomic mass is 9.81. The first-order valence-electron chi connectivity index (χ1n) is 10.0. The molecule has 2 aromatic carbocycles. The summed E-state index contributed by atoms with van der Waals surface area (Å²) in [4.78, 5) is 20.0. The van der Waals surface area contributed by atoms with Gasteiger partial charge in [-0.15, -0.1) is 0 Å². The van der Waals surface area contributed by atoms with Gasteiger partial charge in [-0.25, -0.2) is 14.7 Å². The Balaban J connectivity index is 1.87. The number of hydrogen-bond acceptors (Lipinski definition) is 6. The molecule has 0 aliphatic carbocycles. The van der Waals surface area contributed by atoms with Gasteiger partial charge in [0.25, 0.3) is 0 Å². The Labute approximate surface area is 225 Å². The van der Waals surface area contributed by atoms with Crippen molar-refractivity contribution in [2.45, 2.75) is 31.5 Å². The van der Waals surface area contributed by atoms with Gasteiger partial charge in [-0.1, -0.05) is 67.2 Å². The molecule has 0 saturated carbocycles. The number of carbonyl (C=O) groups excluding carboxylic acids is 1. The average Bonchev–Trinajstić information content (AvgIpc) is 3.41. The molecule has 1 aliphatic heterocycles. The van der Waals surface area contributed by atoms with Gasteiger partial charge in [0.1, 0.15) is 19.0 Å². The molecule has 34 heavy (non-hydrogen) atoms. The van der Waals surface area contributed by atoms with E-state index in [1.54, 1.807) is 57.6 Å². The van der Waals surface area contributed by atoms with Crippen molar-refractivity contribution in [1.82, 2.24) is 19.8 Å². The third-order valence-corrected chi connectivity index (χ3v) is 8.41. The van der Waals surface area contributed by atoms with Crippen LogP contribution in [0.3, 0.4) is 0 Å². The Morgan fingerprint density at radius 2 is 1.65 bits per heavy atom. The van der Waals surface area contributed by atoms with Gasteiger partial charge in [0.15, 0.2) is 4.45 Å². The van der Waals surface area contributed by atoms with Crippen molar-refractivity contribution in [3.05, 3.63) is 74.7 Å².